The molecule has 0 aliphatic rings. The summed E-state index contributed by atoms with van der Waals surface area (Å²) in [5.41, 5.74) is 1.79. The topological polar surface area (TPSA) is 67.0 Å². The van der Waals surface area contributed by atoms with E-state index in [1.807, 2.05) is 25.1 Å². The second-order valence-electron chi connectivity index (χ2n) is 4.97. The monoisotopic (exact) mass is 307 g/mol. The van der Waals surface area contributed by atoms with Crippen LogP contribution in [0.1, 0.15) is 26.7 Å². The van der Waals surface area contributed by atoms with Gasteiger partial charge in [0, 0.05) is 12.1 Å². The van der Waals surface area contributed by atoms with E-state index < -0.39 is 0 Å². The Labute approximate surface area is 128 Å². The number of hydrogen-bond acceptors (Lipinski definition) is 4. The number of hydrogen-bond donors (Lipinski definition) is 2. The molecule has 0 unspecified atom stereocenters. The van der Waals surface area contributed by atoms with E-state index in [4.69, 9.17) is 4.74 Å². The van der Waals surface area contributed by atoms with E-state index >= 15 is 0 Å². The smallest absolute Gasteiger partial charge is 0.230 e. The highest BCUT2D eigenvalue weighted by Gasteiger charge is 2.09. The molecule has 6 heteroatoms. The fourth-order valence-electron chi connectivity index (χ4n) is 2.12. The lowest BCUT2D eigenvalue weighted by molar-refractivity contribution is -0.119. The van der Waals surface area contributed by atoms with Crippen LogP contribution in [-0.2, 0) is 4.79 Å². The van der Waals surface area contributed by atoms with Crippen molar-refractivity contribution in [2.75, 3.05) is 12.9 Å². The molecular weight excluding hydrogens is 286 g/mol. The van der Waals surface area contributed by atoms with Crippen molar-refractivity contribution in [1.29, 1.82) is 0 Å². The molecule has 1 atom stereocenters. The van der Waals surface area contributed by atoms with Gasteiger partial charge in [-0.1, -0.05) is 25.1 Å². The average molecular weight is 307 g/mol. The predicted molar refractivity (Wildman–Crippen MR) is 85.9 cm³/mol. The zero-order valence-corrected chi connectivity index (χ0v) is 13.4. The first kappa shape index (κ1) is 15.7. The summed E-state index contributed by atoms with van der Waals surface area (Å²) in [7, 11) is 1.63. The molecule has 0 radical (unpaired) electrons. The second-order valence-corrected chi connectivity index (χ2v) is 5.93. The molecule has 1 aromatic heterocycles. The number of nitrogens with one attached hydrogen (secondary N) is 2. The molecule has 21 heavy (non-hydrogen) atoms. The Morgan fingerprint density at radius 1 is 1.52 bits per heavy atom. The van der Waals surface area contributed by atoms with Gasteiger partial charge in [0.05, 0.1) is 23.9 Å². The van der Waals surface area contributed by atoms with Gasteiger partial charge < -0.3 is 15.0 Å². The molecule has 0 aliphatic heterocycles. The van der Waals surface area contributed by atoms with Crippen LogP contribution in [-0.4, -0.2) is 34.8 Å². The van der Waals surface area contributed by atoms with Gasteiger partial charge in [-0.15, -0.1) is 0 Å². The van der Waals surface area contributed by atoms with E-state index in [1.165, 1.54) is 11.8 Å². The first-order valence-corrected chi connectivity index (χ1v) is 8.07. The van der Waals surface area contributed by atoms with E-state index in [2.05, 4.69) is 22.2 Å². The van der Waals surface area contributed by atoms with E-state index in [0.717, 1.165) is 34.8 Å². The molecule has 0 spiro atoms. The van der Waals surface area contributed by atoms with Crippen molar-refractivity contribution < 1.29 is 9.53 Å². The second kappa shape index (κ2) is 7.36. The molecule has 114 valence electrons. The highest BCUT2D eigenvalue weighted by Crippen LogP contribution is 2.22. The van der Waals surface area contributed by atoms with Crippen LogP contribution in [0, 0.1) is 0 Å². The highest BCUT2D eigenvalue weighted by molar-refractivity contribution is 7.99. The summed E-state index contributed by atoms with van der Waals surface area (Å²) in [6.45, 7) is 4.14. The zero-order chi connectivity index (χ0) is 15.2. The fourth-order valence-corrected chi connectivity index (χ4v) is 2.81. The predicted octanol–water partition coefficient (Wildman–Crippen LogP) is 2.97. The number of ether oxygens (including phenoxy) is 1. The van der Waals surface area contributed by atoms with Crippen LogP contribution < -0.4 is 10.1 Å². The van der Waals surface area contributed by atoms with E-state index in [0.29, 0.717) is 5.75 Å². The summed E-state index contributed by atoms with van der Waals surface area (Å²) in [4.78, 5) is 19.5. The van der Waals surface area contributed by atoms with E-state index in [1.54, 1.807) is 7.11 Å². The van der Waals surface area contributed by atoms with Crippen molar-refractivity contribution in [1.82, 2.24) is 15.3 Å². The minimum Gasteiger partial charge on any atom is -0.497 e. The Morgan fingerprint density at radius 3 is 3.05 bits per heavy atom. The molecule has 0 fully saturated rings. The van der Waals surface area contributed by atoms with Crippen molar-refractivity contribution >= 4 is 28.7 Å². The van der Waals surface area contributed by atoms with E-state index in [-0.39, 0.29) is 11.9 Å². The van der Waals surface area contributed by atoms with Crippen molar-refractivity contribution in [3.63, 3.8) is 0 Å². The van der Waals surface area contributed by atoms with Gasteiger partial charge in [-0.25, -0.2) is 4.98 Å². The number of thioether (sulfide) groups is 1. The third-order valence-electron chi connectivity index (χ3n) is 3.14. The van der Waals surface area contributed by atoms with Crippen molar-refractivity contribution in [2.24, 2.45) is 0 Å². The van der Waals surface area contributed by atoms with Crippen LogP contribution in [0.3, 0.4) is 0 Å². The maximum Gasteiger partial charge on any atom is 0.230 e. The molecule has 1 heterocycles. The lowest BCUT2D eigenvalue weighted by Crippen LogP contribution is -2.33. The number of imidazole rings is 1. The average Bonchev–Trinajstić information content (AvgIpc) is 2.87. The normalized spacial score (nSPS) is 12.3. The SMILES string of the molecule is CCC[C@@H](C)NC(=O)CSc1nc2ccc(OC)cc2[nH]1. The number of methoxy groups -OCH3 is 1. The van der Waals surface area contributed by atoms with Crippen molar-refractivity contribution in [3.8, 4) is 5.75 Å². The molecule has 0 saturated heterocycles. The number of amides is 1. The molecule has 5 nitrogen and oxygen atoms in total. The van der Waals surface area contributed by atoms with E-state index in [9.17, 15) is 4.79 Å². The third-order valence-corrected chi connectivity index (χ3v) is 4.01. The number of carbonyl (C=O) groups is 1. The first-order valence-electron chi connectivity index (χ1n) is 7.08. The summed E-state index contributed by atoms with van der Waals surface area (Å²) >= 11 is 1.41. The summed E-state index contributed by atoms with van der Waals surface area (Å²) in [5.74, 6) is 1.19. The molecule has 2 aromatic rings. The molecule has 1 aromatic carbocycles. The molecule has 2 N–H and O–H groups in total. The summed E-state index contributed by atoms with van der Waals surface area (Å²) in [6, 6.07) is 5.90. The number of carbonyl (C=O) groups excluding carboxylic acids is 1. The van der Waals surface area contributed by atoms with Gasteiger partial charge in [0.25, 0.3) is 0 Å². The Hall–Kier alpha value is -1.69. The number of aromatic amines is 1. The van der Waals surface area contributed by atoms with Gasteiger partial charge in [0.15, 0.2) is 5.16 Å². The standard InChI is InChI=1S/C15H21N3O2S/c1-4-5-10(2)16-14(19)9-21-15-17-12-7-6-11(20-3)8-13(12)18-15/h6-8,10H,4-5,9H2,1-3H3,(H,16,19)(H,17,18)/t10-/m1/s1. The Morgan fingerprint density at radius 2 is 2.33 bits per heavy atom. The van der Waals surface area contributed by atoms with Gasteiger partial charge in [-0.2, -0.15) is 0 Å². The number of H-pyrrole nitrogens is 1. The van der Waals surface area contributed by atoms with Gasteiger partial charge in [-0.3, -0.25) is 4.79 Å². The number of benzene rings is 1. The van der Waals surface area contributed by atoms with Gasteiger partial charge in [0.2, 0.25) is 5.91 Å². The summed E-state index contributed by atoms with van der Waals surface area (Å²) in [6.07, 6.45) is 2.07. The van der Waals surface area contributed by atoms with Crippen LogP contribution in [0.25, 0.3) is 11.0 Å². The number of nitrogens with zero attached hydrogens (tertiary/aromatic N) is 1. The Balaban J connectivity index is 1.92. The van der Waals surface area contributed by atoms with Crippen LogP contribution in [0.4, 0.5) is 0 Å². The van der Waals surface area contributed by atoms with Gasteiger partial charge in [-0.05, 0) is 25.5 Å². The fraction of sp³-hybridized carbons (Fsp3) is 0.467. The summed E-state index contributed by atoms with van der Waals surface area (Å²) in [5, 5.41) is 3.73. The number of aromatic nitrogens is 2. The Kier molecular flexibility index (Phi) is 5.50. The van der Waals surface area contributed by atoms with Crippen LogP contribution in [0.2, 0.25) is 0 Å². The maximum absolute atomic E-state index is 11.8. The van der Waals surface area contributed by atoms with Crippen LogP contribution >= 0.6 is 11.8 Å². The number of fused-ring (bicyclic) bond motifs is 1. The maximum atomic E-state index is 11.8. The first-order chi connectivity index (χ1) is 10.1. The third kappa shape index (κ3) is 4.39. The van der Waals surface area contributed by atoms with Crippen LogP contribution in [0.15, 0.2) is 23.4 Å². The lowest BCUT2D eigenvalue weighted by Gasteiger charge is -2.11. The minimum atomic E-state index is 0.0407. The quantitative estimate of drug-likeness (QED) is 0.772. The molecule has 1 amide bonds. The van der Waals surface area contributed by atoms with Gasteiger partial charge in [0.1, 0.15) is 5.75 Å². The van der Waals surface area contributed by atoms with Crippen LogP contribution in [0.5, 0.6) is 5.75 Å². The largest absolute Gasteiger partial charge is 0.497 e. The number of rotatable bonds is 7. The van der Waals surface area contributed by atoms with Crippen molar-refractivity contribution in [2.45, 2.75) is 37.9 Å². The highest BCUT2D eigenvalue weighted by atomic mass is 32.2. The van der Waals surface area contributed by atoms with Gasteiger partial charge >= 0.3 is 0 Å². The molecule has 0 saturated carbocycles. The summed E-state index contributed by atoms with van der Waals surface area (Å²) < 4.78 is 5.18. The molecular formula is C15H21N3O2S. The lowest BCUT2D eigenvalue weighted by atomic mass is 10.2. The zero-order valence-electron chi connectivity index (χ0n) is 12.6. The minimum absolute atomic E-state index is 0.0407. The molecule has 0 aliphatic carbocycles. The van der Waals surface area contributed by atoms with Crippen molar-refractivity contribution in [3.05, 3.63) is 18.2 Å². The molecule has 0 bridgehead atoms. The Bertz CT molecular complexity index is 612. The molecule has 2 rings (SSSR count).